The maximum Gasteiger partial charge on any atom is 0.328 e. The molecule has 2 nitrogen and oxygen atoms in total. The lowest BCUT2D eigenvalue weighted by Gasteiger charge is -1.92. The molecule has 0 spiro atoms. The molecular formula is C12H12O2. The van der Waals surface area contributed by atoms with E-state index in [1.165, 1.54) is 11.6 Å². The third-order valence-corrected chi connectivity index (χ3v) is 1.68. The third kappa shape index (κ3) is 4.26. The number of allylic oxidation sites excluding steroid dienone is 3. The van der Waals surface area contributed by atoms with Crippen molar-refractivity contribution in [2.75, 3.05) is 0 Å². The van der Waals surface area contributed by atoms with Crippen molar-refractivity contribution in [2.45, 2.75) is 6.42 Å². The lowest BCUT2D eigenvalue weighted by atomic mass is 10.1. The Balaban J connectivity index is 2.38. The molecule has 0 bridgehead atoms. The summed E-state index contributed by atoms with van der Waals surface area (Å²) in [5, 5.41) is 8.31. The molecule has 0 heterocycles. The summed E-state index contributed by atoms with van der Waals surface area (Å²) in [6.45, 7) is 0. The lowest BCUT2D eigenvalue weighted by Crippen LogP contribution is -1.84. The smallest absolute Gasteiger partial charge is 0.328 e. The van der Waals surface area contributed by atoms with Gasteiger partial charge in [0.15, 0.2) is 0 Å². The van der Waals surface area contributed by atoms with Crippen LogP contribution in [-0.4, -0.2) is 11.1 Å². The molecule has 0 atom stereocenters. The number of benzene rings is 1. The zero-order valence-corrected chi connectivity index (χ0v) is 7.76. The molecule has 0 saturated heterocycles. The van der Waals surface area contributed by atoms with Gasteiger partial charge in [-0.2, -0.15) is 0 Å². The molecule has 72 valence electrons. The van der Waals surface area contributed by atoms with E-state index >= 15 is 0 Å². The second-order valence-corrected chi connectivity index (χ2v) is 2.82. The second-order valence-electron chi connectivity index (χ2n) is 2.82. The number of aliphatic carboxylic acids is 1. The summed E-state index contributed by atoms with van der Waals surface area (Å²) in [5.74, 6) is -0.922. The van der Waals surface area contributed by atoms with Gasteiger partial charge in [0.1, 0.15) is 0 Å². The molecule has 14 heavy (non-hydrogen) atoms. The zero-order chi connectivity index (χ0) is 10.2. The largest absolute Gasteiger partial charge is 0.478 e. The van der Waals surface area contributed by atoms with Crippen molar-refractivity contribution in [1.29, 1.82) is 0 Å². The van der Waals surface area contributed by atoms with Crippen LogP contribution in [0.5, 0.6) is 0 Å². The van der Waals surface area contributed by atoms with Gasteiger partial charge >= 0.3 is 5.97 Å². The standard InChI is InChI=1S/C12H12O2/c13-12(14)10-6-2-5-9-11-7-3-1-4-8-11/h1-8,10H,9H2,(H,13,14)/b5-2+,10-6+. The van der Waals surface area contributed by atoms with Crippen LogP contribution in [0.2, 0.25) is 0 Å². The van der Waals surface area contributed by atoms with Crippen LogP contribution in [0, 0.1) is 0 Å². The Kier molecular flexibility index (Phi) is 4.21. The molecule has 0 amide bonds. The van der Waals surface area contributed by atoms with Crippen molar-refractivity contribution >= 4 is 5.97 Å². The van der Waals surface area contributed by atoms with Crippen LogP contribution < -0.4 is 0 Å². The highest BCUT2D eigenvalue weighted by Crippen LogP contribution is 1.99. The highest BCUT2D eigenvalue weighted by molar-refractivity contribution is 5.80. The second kappa shape index (κ2) is 5.75. The van der Waals surface area contributed by atoms with Crippen LogP contribution in [0.3, 0.4) is 0 Å². The molecule has 1 rings (SSSR count). The van der Waals surface area contributed by atoms with E-state index in [0.717, 1.165) is 12.5 Å². The highest BCUT2D eigenvalue weighted by Gasteiger charge is 1.84. The van der Waals surface area contributed by atoms with Gasteiger partial charge in [-0.1, -0.05) is 48.6 Å². The van der Waals surface area contributed by atoms with Gasteiger partial charge in [0.25, 0.3) is 0 Å². The van der Waals surface area contributed by atoms with Crippen LogP contribution in [0.4, 0.5) is 0 Å². The summed E-state index contributed by atoms with van der Waals surface area (Å²) in [7, 11) is 0. The number of carbonyl (C=O) groups is 1. The van der Waals surface area contributed by atoms with E-state index in [1.54, 1.807) is 6.08 Å². The summed E-state index contributed by atoms with van der Waals surface area (Å²) in [4.78, 5) is 10.1. The van der Waals surface area contributed by atoms with Crippen molar-refractivity contribution in [3.63, 3.8) is 0 Å². The van der Waals surface area contributed by atoms with Crippen LogP contribution >= 0.6 is 0 Å². The van der Waals surface area contributed by atoms with Gasteiger partial charge in [-0.15, -0.1) is 0 Å². The van der Waals surface area contributed by atoms with Crippen molar-refractivity contribution < 1.29 is 9.90 Å². The minimum atomic E-state index is -0.922. The Bertz CT molecular complexity index is 337. The summed E-state index contributed by atoms with van der Waals surface area (Å²) in [6, 6.07) is 10.0. The molecule has 2 heteroatoms. The maximum absolute atomic E-state index is 10.1. The molecule has 0 aliphatic heterocycles. The van der Waals surface area contributed by atoms with Crippen molar-refractivity contribution in [2.24, 2.45) is 0 Å². The molecule has 0 unspecified atom stereocenters. The van der Waals surface area contributed by atoms with Crippen LogP contribution in [0.1, 0.15) is 5.56 Å². The topological polar surface area (TPSA) is 37.3 Å². The lowest BCUT2D eigenvalue weighted by molar-refractivity contribution is -0.131. The first-order valence-corrected chi connectivity index (χ1v) is 4.39. The predicted molar refractivity (Wildman–Crippen MR) is 56.1 cm³/mol. The molecule has 0 saturated carbocycles. The Morgan fingerprint density at radius 2 is 1.93 bits per heavy atom. The number of hydrogen-bond acceptors (Lipinski definition) is 1. The normalized spacial score (nSPS) is 11.1. The highest BCUT2D eigenvalue weighted by atomic mass is 16.4. The minimum Gasteiger partial charge on any atom is -0.478 e. The van der Waals surface area contributed by atoms with E-state index in [4.69, 9.17) is 5.11 Å². The van der Waals surface area contributed by atoms with Crippen molar-refractivity contribution in [1.82, 2.24) is 0 Å². The first-order chi connectivity index (χ1) is 6.79. The average molecular weight is 188 g/mol. The number of rotatable bonds is 4. The monoisotopic (exact) mass is 188 g/mol. The van der Waals surface area contributed by atoms with Gasteiger partial charge in [-0.05, 0) is 12.0 Å². The van der Waals surface area contributed by atoms with Gasteiger partial charge in [0.05, 0.1) is 0 Å². The molecule has 0 aliphatic carbocycles. The van der Waals surface area contributed by atoms with E-state index in [2.05, 4.69) is 0 Å². The van der Waals surface area contributed by atoms with Gasteiger partial charge < -0.3 is 5.11 Å². The Morgan fingerprint density at radius 3 is 2.57 bits per heavy atom. The maximum atomic E-state index is 10.1. The Morgan fingerprint density at radius 1 is 1.21 bits per heavy atom. The molecule has 1 aromatic rings. The number of hydrogen-bond donors (Lipinski definition) is 1. The molecule has 0 radical (unpaired) electrons. The fraction of sp³-hybridized carbons (Fsp3) is 0.0833. The van der Waals surface area contributed by atoms with E-state index in [0.29, 0.717) is 0 Å². The van der Waals surface area contributed by atoms with Crippen LogP contribution in [0.25, 0.3) is 0 Å². The van der Waals surface area contributed by atoms with E-state index in [-0.39, 0.29) is 0 Å². The first kappa shape index (κ1) is 10.3. The van der Waals surface area contributed by atoms with Crippen molar-refractivity contribution in [3.8, 4) is 0 Å². The summed E-state index contributed by atoms with van der Waals surface area (Å²) in [6.07, 6.45) is 7.12. The SMILES string of the molecule is O=C(O)/C=C/C=C/Cc1ccccc1. The van der Waals surface area contributed by atoms with Gasteiger partial charge in [0.2, 0.25) is 0 Å². The molecule has 1 aromatic carbocycles. The molecule has 0 aromatic heterocycles. The zero-order valence-electron chi connectivity index (χ0n) is 7.76. The van der Waals surface area contributed by atoms with Gasteiger partial charge in [-0.3, -0.25) is 0 Å². The Hall–Kier alpha value is -1.83. The minimum absolute atomic E-state index is 0.824. The first-order valence-electron chi connectivity index (χ1n) is 4.39. The fourth-order valence-corrected chi connectivity index (χ4v) is 1.03. The Labute approximate surface area is 83.2 Å². The molecule has 0 aliphatic rings. The molecule has 1 N–H and O–H groups in total. The fourth-order valence-electron chi connectivity index (χ4n) is 1.03. The van der Waals surface area contributed by atoms with Crippen LogP contribution in [0.15, 0.2) is 54.6 Å². The average Bonchev–Trinajstić information content (AvgIpc) is 2.18. The van der Waals surface area contributed by atoms with Gasteiger partial charge in [-0.25, -0.2) is 4.79 Å². The molecule has 0 fully saturated rings. The van der Waals surface area contributed by atoms with Crippen molar-refractivity contribution in [3.05, 3.63) is 60.2 Å². The van der Waals surface area contributed by atoms with Gasteiger partial charge in [0, 0.05) is 6.08 Å². The quantitative estimate of drug-likeness (QED) is 0.582. The van der Waals surface area contributed by atoms with Crippen LogP contribution in [-0.2, 0) is 11.2 Å². The molecular weight excluding hydrogens is 176 g/mol. The van der Waals surface area contributed by atoms with E-state index < -0.39 is 5.97 Å². The predicted octanol–water partition coefficient (Wildman–Crippen LogP) is 2.43. The summed E-state index contributed by atoms with van der Waals surface area (Å²) < 4.78 is 0. The van der Waals surface area contributed by atoms with E-state index in [9.17, 15) is 4.79 Å². The number of carboxylic acid groups (broad SMARTS) is 1. The third-order valence-electron chi connectivity index (χ3n) is 1.68. The summed E-state index contributed by atoms with van der Waals surface area (Å²) in [5.41, 5.74) is 1.22. The summed E-state index contributed by atoms with van der Waals surface area (Å²) >= 11 is 0. The number of carboxylic acids is 1. The van der Waals surface area contributed by atoms with E-state index in [1.807, 2.05) is 36.4 Å².